The largest absolute Gasteiger partial charge is 0.438 e. The monoisotopic (exact) mass is 485 g/mol. The number of pyridine rings is 1. The van der Waals surface area contributed by atoms with Crippen LogP contribution in [0.5, 0.6) is 11.6 Å². The van der Waals surface area contributed by atoms with Crippen LogP contribution in [0.15, 0.2) is 75.4 Å². The Morgan fingerprint density at radius 2 is 1.69 bits per heavy atom. The average molecular weight is 486 g/mol. The predicted molar refractivity (Wildman–Crippen MR) is 134 cm³/mol. The zero-order valence-corrected chi connectivity index (χ0v) is 20.6. The standard InChI is InChI=1S/C27H23N3O4S/c1-17-7-10-21(11-8-17)35(32,33)22(16-28)15-23-26(34-24-12-9-18(2)14-20(24)4)29-25-19(3)6-5-13-30(25)27(23)31/h5-15H,1-4H3. The molecule has 0 saturated heterocycles. The number of rotatable bonds is 5. The van der Waals surface area contributed by atoms with Crippen LogP contribution in [0.3, 0.4) is 0 Å². The molecule has 0 unspecified atom stereocenters. The molecule has 0 spiro atoms. The molecule has 176 valence electrons. The summed E-state index contributed by atoms with van der Waals surface area (Å²) in [6, 6.07) is 16.9. The lowest BCUT2D eigenvalue weighted by molar-refractivity contribution is 0.457. The van der Waals surface area contributed by atoms with Crippen LogP contribution in [-0.2, 0) is 9.84 Å². The van der Waals surface area contributed by atoms with Gasteiger partial charge in [-0.2, -0.15) is 10.2 Å². The topological polar surface area (TPSA) is 102 Å². The molecule has 0 saturated carbocycles. The van der Waals surface area contributed by atoms with E-state index < -0.39 is 20.3 Å². The van der Waals surface area contributed by atoms with Crippen LogP contribution >= 0.6 is 0 Å². The highest BCUT2D eigenvalue weighted by atomic mass is 32.2. The first-order valence-electron chi connectivity index (χ1n) is 10.8. The van der Waals surface area contributed by atoms with Gasteiger partial charge in [0, 0.05) is 6.20 Å². The molecule has 0 bridgehead atoms. The van der Waals surface area contributed by atoms with Crippen molar-refractivity contribution in [2.45, 2.75) is 32.6 Å². The zero-order chi connectivity index (χ0) is 25.3. The zero-order valence-electron chi connectivity index (χ0n) is 19.7. The minimum Gasteiger partial charge on any atom is -0.438 e. The van der Waals surface area contributed by atoms with Gasteiger partial charge >= 0.3 is 0 Å². The van der Waals surface area contributed by atoms with Crippen molar-refractivity contribution >= 4 is 21.6 Å². The molecule has 4 rings (SSSR count). The Kier molecular flexibility index (Phi) is 6.29. The van der Waals surface area contributed by atoms with Gasteiger partial charge < -0.3 is 4.74 Å². The maximum absolute atomic E-state index is 13.5. The van der Waals surface area contributed by atoms with Crippen molar-refractivity contribution in [1.82, 2.24) is 9.38 Å². The van der Waals surface area contributed by atoms with Gasteiger partial charge in [0.1, 0.15) is 27.9 Å². The van der Waals surface area contributed by atoms with E-state index in [9.17, 15) is 18.5 Å². The molecule has 0 atom stereocenters. The van der Waals surface area contributed by atoms with E-state index in [0.29, 0.717) is 11.4 Å². The number of hydrogen-bond acceptors (Lipinski definition) is 6. The summed E-state index contributed by atoms with van der Waals surface area (Å²) in [5, 5.41) is 9.77. The highest BCUT2D eigenvalue weighted by Gasteiger charge is 2.24. The highest BCUT2D eigenvalue weighted by molar-refractivity contribution is 7.95. The fourth-order valence-corrected chi connectivity index (χ4v) is 4.80. The molecule has 0 aliphatic carbocycles. The molecular formula is C27H23N3O4S. The lowest BCUT2D eigenvalue weighted by atomic mass is 10.1. The van der Waals surface area contributed by atoms with Gasteiger partial charge in [-0.25, -0.2) is 8.42 Å². The molecular weight excluding hydrogens is 462 g/mol. The van der Waals surface area contributed by atoms with Crippen LogP contribution in [0.4, 0.5) is 0 Å². The fourth-order valence-electron chi connectivity index (χ4n) is 3.66. The minimum absolute atomic E-state index is 0.0440. The minimum atomic E-state index is -4.18. The van der Waals surface area contributed by atoms with Gasteiger partial charge in [0.2, 0.25) is 15.7 Å². The molecule has 7 nitrogen and oxygen atoms in total. The number of hydrogen-bond donors (Lipinski definition) is 0. The van der Waals surface area contributed by atoms with E-state index in [1.807, 2.05) is 32.9 Å². The molecule has 2 aromatic carbocycles. The molecule has 8 heteroatoms. The molecule has 4 aromatic rings. The van der Waals surface area contributed by atoms with Crippen LogP contribution in [-0.4, -0.2) is 17.8 Å². The number of benzene rings is 2. The molecule has 2 aromatic heterocycles. The lowest BCUT2D eigenvalue weighted by Crippen LogP contribution is -2.20. The summed E-state index contributed by atoms with van der Waals surface area (Å²) in [5.41, 5.74) is 3.15. The lowest BCUT2D eigenvalue weighted by Gasteiger charge is -2.13. The van der Waals surface area contributed by atoms with Crippen molar-refractivity contribution < 1.29 is 13.2 Å². The normalized spacial score (nSPS) is 11.9. The number of aromatic nitrogens is 2. The summed E-state index contributed by atoms with van der Waals surface area (Å²) in [7, 11) is -4.18. The van der Waals surface area contributed by atoms with E-state index in [-0.39, 0.29) is 16.3 Å². The Hall–Kier alpha value is -4.22. The van der Waals surface area contributed by atoms with Gasteiger partial charge in [0.25, 0.3) is 5.56 Å². The maximum Gasteiger partial charge on any atom is 0.269 e. The second-order valence-corrected chi connectivity index (χ2v) is 10.2. The quantitative estimate of drug-likeness (QED) is 0.366. The van der Waals surface area contributed by atoms with Crippen LogP contribution in [0.1, 0.15) is 27.8 Å². The Morgan fingerprint density at radius 1 is 1.00 bits per heavy atom. The summed E-state index contributed by atoms with van der Waals surface area (Å²) in [4.78, 5) is 17.4. The number of allylic oxidation sites excluding steroid dienone is 1. The summed E-state index contributed by atoms with van der Waals surface area (Å²) in [6.45, 7) is 7.45. The van der Waals surface area contributed by atoms with Gasteiger partial charge in [-0.3, -0.25) is 9.20 Å². The smallest absolute Gasteiger partial charge is 0.269 e. The summed E-state index contributed by atoms with van der Waals surface area (Å²) < 4.78 is 33.8. The molecule has 2 heterocycles. The number of nitriles is 1. The molecule has 0 radical (unpaired) electrons. The number of ether oxygens (including phenoxy) is 1. The van der Waals surface area contributed by atoms with Gasteiger partial charge in [-0.1, -0.05) is 41.5 Å². The fraction of sp³-hybridized carbons (Fsp3) is 0.148. The number of aryl methyl sites for hydroxylation is 4. The SMILES string of the molecule is Cc1ccc(S(=O)(=O)C(C#N)=Cc2c(Oc3ccc(C)cc3C)nc3c(C)cccn3c2=O)cc1. The average Bonchev–Trinajstić information content (AvgIpc) is 2.81. The second-order valence-electron chi connectivity index (χ2n) is 8.33. The van der Waals surface area contributed by atoms with Crippen molar-refractivity contribution in [1.29, 1.82) is 5.26 Å². The first-order valence-corrected chi connectivity index (χ1v) is 12.3. The first kappa shape index (κ1) is 23.9. The number of fused-ring (bicyclic) bond motifs is 1. The highest BCUT2D eigenvalue weighted by Crippen LogP contribution is 2.29. The summed E-state index contributed by atoms with van der Waals surface area (Å²) in [6.07, 6.45) is 2.58. The Balaban J connectivity index is 1.97. The number of nitrogens with zero attached hydrogens (tertiary/aromatic N) is 3. The first-order chi connectivity index (χ1) is 16.6. The van der Waals surface area contributed by atoms with Crippen LogP contribution < -0.4 is 10.3 Å². The second kappa shape index (κ2) is 9.20. The molecule has 35 heavy (non-hydrogen) atoms. The van der Waals surface area contributed by atoms with E-state index in [2.05, 4.69) is 4.98 Å². The van der Waals surface area contributed by atoms with Crippen molar-refractivity contribution in [3.05, 3.63) is 104 Å². The molecule has 0 N–H and O–H groups in total. The molecule has 0 amide bonds. The van der Waals surface area contributed by atoms with Gasteiger partial charge in [0.15, 0.2) is 0 Å². The summed E-state index contributed by atoms with van der Waals surface area (Å²) >= 11 is 0. The van der Waals surface area contributed by atoms with Crippen LogP contribution in [0.2, 0.25) is 0 Å². The predicted octanol–water partition coefficient (Wildman–Crippen LogP) is 5.06. The molecule has 0 aliphatic heterocycles. The third-order valence-corrected chi connectivity index (χ3v) is 7.27. The Bertz CT molecular complexity index is 1690. The third-order valence-electron chi connectivity index (χ3n) is 5.59. The third kappa shape index (κ3) is 4.59. The molecule has 0 fully saturated rings. The number of sulfone groups is 1. The maximum atomic E-state index is 13.5. The van der Waals surface area contributed by atoms with Crippen molar-refractivity contribution in [2.75, 3.05) is 0 Å². The molecule has 0 aliphatic rings. The van der Waals surface area contributed by atoms with Crippen molar-refractivity contribution in [3.8, 4) is 17.7 Å². The van der Waals surface area contributed by atoms with E-state index in [1.54, 1.807) is 43.3 Å². The van der Waals surface area contributed by atoms with E-state index >= 15 is 0 Å². The van der Waals surface area contributed by atoms with E-state index in [0.717, 1.165) is 28.3 Å². The Morgan fingerprint density at radius 3 is 2.34 bits per heavy atom. The van der Waals surface area contributed by atoms with Gasteiger partial charge in [-0.15, -0.1) is 0 Å². The van der Waals surface area contributed by atoms with E-state index in [1.165, 1.54) is 22.7 Å². The summed E-state index contributed by atoms with van der Waals surface area (Å²) in [5.74, 6) is 0.387. The van der Waals surface area contributed by atoms with Crippen molar-refractivity contribution in [2.24, 2.45) is 0 Å². The Labute approximate surface area is 203 Å². The van der Waals surface area contributed by atoms with E-state index in [4.69, 9.17) is 4.74 Å². The van der Waals surface area contributed by atoms with Crippen molar-refractivity contribution in [3.63, 3.8) is 0 Å². The van der Waals surface area contributed by atoms with Gasteiger partial charge in [0.05, 0.1) is 4.90 Å². The van der Waals surface area contributed by atoms with Gasteiger partial charge in [-0.05, 0) is 69.2 Å². The van der Waals surface area contributed by atoms with Crippen LogP contribution in [0, 0.1) is 39.0 Å². The van der Waals surface area contributed by atoms with Crippen LogP contribution in [0.25, 0.3) is 11.7 Å².